The molecular weight excluding hydrogens is 212 g/mol. The normalized spacial score (nSPS) is 19.1. The molecule has 1 heterocycles. The Balaban J connectivity index is 1.93. The summed E-state index contributed by atoms with van der Waals surface area (Å²) in [6, 6.07) is 10.2. The molecule has 0 aliphatic carbocycles. The molecule has 0 spiro atoms. The van der Waals surface area contributed by atoms with E-state index in [9.17, 15) is 4.79 Å². The van der Waals surface area contributed by atoms with Crippen LogP contribution in [0.5, 0.6) is 0 Å². The predicted octanol–water partition coefficient (Wildman–Crippen LogP) is 1.74. The second-order valence-corrected chi connectivity index (χ2v) is 4.80. The number of nitrogens with zero attached hydrogens (tertiary/aromatic N) is 1. The second kappa shape index (κ2) is 5.32. The summed E-state index contributed by atoms with van der Waals surface area (Å²) in [5, 5.41) is 0. The van der Waals surface area contributed by atoms with Crippen molar-refractivity contribution in [3.63, 3.8) is 0 Å². The number of benzene rings is 1. The van der Waals surface area contributed by atoms with Crippen LogP contribution >= 0.6 is 0 Å². The molecule has 3 heteroatoms. The lowest BCUT2D eigenvalue weighted by Gasteiger charge is -2.33. The van der Waals surface area contributed by atoms with Crippen LogP contribution in [-0.2, 0) is 4.79 Å². The summed E-state index contributed by atoms with van der Waals surface area (Å²) in [6.07, 6.45) is 2.09. The maximum absolute atomic E-state index is 11.7. The zero-order chi connectivity index (χ0) is 12.3. The van der Waals surface area contributed by atoms with Gasteiger partial charge in [-0.1, -0.05) is 30.3 Å². The van der Waals surface area contributed by atoms with Crippen LogP contribution in [0.1, 0.15) is 31.2 Å². The van der Waals surface area contributed by atoms with Gasteiger partial charge in [-0.05, 0) is 31.2 Å². The number of amides is 1. The van der Waals surface area contributed by atoms with Crippen molar-refractivity contribution in [2.24, 2.45) is 5.73 Å². The fraction of sp³-hybridized carbons (Fsp3) is 0.500. The third kappa shape index (κ3) is 2.86. The van der Waals surface area contributed by atoms with E-state index in [4.69, 9.17) is 5.73 Å². The van der Waals surface area contributed by atoms with Gasteiger partial charge in [-0.3, -0.25) is 4.79 Å². The first kappa shape index (κ1) is 12.1. The fourth-order valence-electron chi connectivity index (χ4n) is 2.45. The number of likely N-dealkylation sites (tertiary alicyclic amines) is 1. The van der Waals surface area contributed by atoms with Crippen molar-refractivity contribution in [3.05, 3.63) is 35.9 Å². The Morgan fingerprint density at radius 1 is 1.29 bits per heavy atom. The Bertz CT molecular complexity index is 367. The SMILES string of the molecule is C[C@H](N)C(=O)N1CCC(c2ccccc2)CC1. The van der Waals surface area contributed by atoms with Gasteiger partial charge >= 0.3 is 0 Å². The standard InChI is InChI=1S/C14H20N2O/c1-11(15)14(17)16-9-7-13(8-10-16)12-5-3-2-4-6-12/h2-6,11,13H,7-10,15H2,1H3/t11-/m0/s1. The lowest BCUT2D eigenvalue weighted by atomic mass is 9.89. The molecule has 3 nitrogen and oxygen atoms in total. The van der Waals surface area contributed by atoms with Gasteiger partial charge < -0.3 is 10.6 Å². The Morgan fingerprint density at radius 2 is 1.88 bits per heavy atom. The molecule has 1 aromatic carbocycles. The summed E-state index contributed by atoms with van der Waals surface area (Å²) >= 11 is 0. The molecule has 1 amide bonds. The third-order valence-electron chi connectivity index (χ3n) is 3.47. The number of piperidine rings is 1. The van der Waals surface area contributed by atoms with Crippen LogP contribution in [0.25, 0.3) is 0 Å². The van der Waals surface area contributed by atoms with Crippen molar-refractivity contribution in [2.75, 3.05) is 13.1 Å². The van der Waals surface area contributed by atoms with Gasteiger partial charge in [0.05, 0.1) is 6.04 Å². The van der Waals surface area contributed by atoms with Gasteiger partial charge in [0.1, 0.15) is 0 Å². The van der Waals surface area contributed by atoms with Crippen molar-refractivity contribution in [2.45, 2.75) is 31.7 Å². The third-order valence-corrected chi connectivity index (χ3v) is 3.47. The van der Waals surface area contributed by atoms with Crippen molar-refractivity contribution in [3.8, 4) is 0 Å². The summed E-state index contributed by atoms with van der Waals surface area (Å²) in [5.41, 5.74) is 7.01. The number of nitrogens with two attached hydrogens (primary N) is 1. The molecule has 0 aromatic heterocycles. The monoisotopic (exact) mass is 232 g/mol. The van der Waals surface area contributed by atoms with Crippen LogP contribution in [0.3, 0.4) is 0 Å². The Morgan fingerprint density at radius 3 is 2.41 bits per heavy atom. The van der Waals surface area contributed by atoms with Crippen LogP contribution in [0.4, 0.5) is 0 Å². The van der Waals surface area contributed by atoms with Gasteiger partial charge in [0, 0.05) is 13.1 Å². The molecule has 0 bridgehead atoms. The van der Waals surface area contributed by atoms with Crippen molar-refractivity contribution < 1.29 is 4.79 Å². The van der Waals surface area contributed by atoms with Gasteiger partial charge in [-0.25, -0.2) is 0 Å². The van der Waals surface area contributed by atoms with E-state index in [0.29, 0.717) is 5.92 Å². The summed E-state index contributed by atoms with van der Waals surface area (Å²) < 4.78 is 0. The quantitative estimate of drug-likeness (QED) is 0.844. The molecule has 1 aliphatic heterocycles. The molecule has 17 heavy (non-hydrogen) atoms. The first-order valence-electron chi connectivity index (χ1n) is 6.28. The first-order valence-corrected chi connectivity index (χ1v) is 6.28. The smallest absolute Gasteiger partial charge is 0.239 e. The highest BCUT2D eigenvalue weighted by atomic mass is 16.2. The summed E-state index contributed by atoms with van der Waals surface area (Å²) in [5.74, 6) is 0.671. The summed E-state index contributed by atoms with van der Waals surface area (Å²) in [6.45, 7) is 3.42. The van der Waals surface area contributed by atoms with Crippen LogP contribution in [-0.4, -0.2) is 29.9 Å². The number of hydrogen-bond donors (Lipinski definition) is 1. The Labute approximate surface area is 103 Å². The van der Waals surface area contributed by atoms with Gasteiger partial charge in [-0.15, -0.1) is 0 Å². The Kier molecular flexibility index (Phi) is 3.79. The van der Waals surface area contributed by atoms with Gasteiger partial charge in [0.25, 0.3) is 0 Å². The van der Waals surface area contributed by atoms with Gasteiger partial charge in [0.15, 0.2) is 0 Å². The van der Waals surface area contributed by atoms with Crippen LogP contribution in [0, 0.1) is 0 Å². The lowest BCUT2D eigenvalue weighted by Crippen LogP contribution is -2.45. The van der Waals surface area contributed by atoms with Crippen LogP contribution in [0.2, 0.25) is 0 Å². The van der Waals surface area contributed by atoms with E-state index in [0.717, 1.165) is 25.9 Å². The molecule has 2 rings (SSSR count). The van der Waals surface area contributed by atoms with E-state index in [1.807, 2.05) is 11.0 Å². The van der Waals surface area contributed by atoms with E-state index < -0.39 is 0 Å². The minimum atomic E-state index is -0.372. The lowest BCUT2D eigenvalue weighted by molar-refractivity contribution is -0.133. The maximum atomic E-state index is 11.7. The predicted molar refractivity (Wildman–Crippen MR) is 68.6 cm³/mol. The van der Waals surface area contributed by atoms with Crippen LogP contribution in [0.15, 0.2) is 30.3 Å². The van der Waals surface area contributed by atoms with Crippen molar-refractivity contribution in [1.29, 1.82) is 0 Å². The fourth-order valence-corrected chi connectivity index (χ4v) is 2.45. The van der Waals surface area contributed by atoms with E-state index in [-0.39, 0.29) is 11.9 Å². The average molecular weight is 232 g/mol. The summed E-state index contributed by atoms with van der Waals surface area (Å²) in [7, 11) is 0. The average Bonchev–Trinajstić information content (AvgIpc) is 2.39. The van der Waals surface area contributed by atoms with Gasteiger partial charge in [-0.2, -0.15) is 0 Å². The van der Waals surface area contributed by atoms with Crippen molar-refractivity contribution in [1.82, 2.24) is 4.90 Å². The Hall–Kier alpha value is -1.35. The van der Waals surface area contributed by atoms with E-state index in [2.05, 4.69) is 24.3 Å². The molecule has 92 valence electrons. The summed E-state index contributed by atoms with van der Waals surface area (Å²) in [4.78, 5) is 13.6. The second-order valence-electron chi connectivity index (χ2n) is 4.80. The highest BCUT2D eigenvalue weighted by Crippen LogP contribution is 2.27. The molecule has 1 aliphatic rings. The molecule has 1 saturated heterocycles. The molecule has 1 atom stereocenters. The molecule has 1 fully saturated rings. The molecular formula is C14H20N2O. The molecule has 0 radical (unpaired) electrons. The minimum Gasteiger partial charge on any atom is -0.341 e. The number of carbonyl (C=O) groups excluding carboxylic acids is 1. The number of carbonyl (C=O) groups is 1. The van der Waals surface area contributed by atoms with E-state index in [1.54, 1.807) is 6.92 Å². The largest absolute Gasteiger partial charge is 0.341 e. The highest BCUT2D eigenvalue weighted by Gasteiger charge is 2.24. The zero-order valence-corrected chi connectivity index (χ0v) is 10.3. The topological polar surface area (TPSA) is 46.3 Å². The van der Waals surface area contributed by atoms with E-state index in [1.165, 1.54) is 5.56 Å². The number of hydrogen-bond acceptors (Lipinski definition) is 2. The van der Waals surface area contributed by atoms with Crippen molar-refractivity contribution >= 4 is 5.91 Å². The maximum Gasteiger partial charge on any atom is 0.239 e. The molecule has 1 aromatic rings. The zero-order valence-electron chi connectivity index (χ0n) is 10.3. The van der Waals surface area contributed by atoms with Gasteiger partial charge in [0.2, 0.25) is 5.91 Å². The highest BCUT2D eigenvalue weighted by molar-refractivity contribution is 5.81. The number of rotatable bonds is 2. The minimum absolute atomic E-state index is 0.0801. The molecule has 2 N–H and O–H groups in total. The van der Waals surface area contributed by atoms with Crippen LogP contribution < -0.4 is 5.73 Å². The van der Waals surface area contributed by atoms with E-state index >= 15 is 0 Å². The first-order chi connectivity index (χ1) is 8.18. The molecule has 0 saturated carbocycles. The molecule has 0 unspecified atom stereocenters.